The summed E-state index contributed by atoms with van der Waals surface area (Å²) in [4.78, 5) is 3.81. The van der Waals surface area contributed by atoms with Gasteiger partial charge in [-0.25, -0.2) is 0 Å². The highest BCUT2D eigenvalue weighted by molar-refractivity contribution is 7.10. The van der Waals surface area contributed by atoms with Crippen LogP contribution in [0.25, 0.3) is 0 Å². The van der Waals surface area contributed by atoms with Crippen LogP contribution >= 0.6 is 22.7 Å². The minimum Gasteiger partial charge on any atom is -0.311 e. The van der Waals surface area contributed by atoms with Gasteiger partial charge in [0.15, 0.2) is 0 Å². The van der Waals surface area contributed by atoms with E-state index in [2.05, 4.69) is 52.5 Å². The molecule has 2 aromatic heterocycles. The Morgan fingerprint density at radius 2 is 2.17 bits per heavy atom. The van der Waals surface area contributed by atoms with Gasteiger partial charge in [0.25, 0.3) is 0 Å². The molecule has 98 valence electrons. The second kappa shape index (κ2) is 7.04. The fraction of sp³-hybridized carbons (Fsp3) is 0.429. The number of aryl methyl sites for hydroxylation is 1. The standard InChI is InChI=1S/C14H20N2S2/c1-12-3-8-18-14(12)9-15-5-6-16(2)10-13-4-7-17-11-13/h3-4,7-8,11,15H,5-6,9-10H2,1-2H3. The van der Waals surface area contributed by atoms with Gasteiger partial charge in [-0.1, -0.05) is 0 Å². The average molecular weight is 280 g/mol. The minimum atomic E-state index is 0.996. The van der Waals surface area contributed by atoms with Crippen molar-refractivity contribution in [2.24, 2.45) is 0 Å². The molecular weight excluding hydrogens is 260 g/mol. The van der Waals surface area contributed by atoms with E-state index in [-0.39, 0.29) is 0 Å². The first-order valence-electron chi connectivity index (χ1n) is 6.19. The Labute approximate surface area is 117 Å². The lowest BCUT2D eigenvalue weighted by atomic mass is 10.3. The molecule has 0 aliphatic carbocycles. The molecule has 2 aromatic rings. The monoisotopic (exact) mass is 280 g/mol. The third-order valence-corrected chi connectivity index (χ3v) is 4.71. The van der Waals surface area contributed by atoms with Gasteiger partial charge in [-0.2, -0.15) is 11.3 Å². The smallest absolute Gasteiger partial charge is 0.0302 e. The van der Waals surface area contributed by atoms with Crippen molar-refractivity contribution in [2.75, 3.05) is 20.1 Å². The maximum atomic E-state index is 3.51. The number of nitrogens with one attached hydrogen (secondary N) is 1. The topological polar surface area (TPSA) is 15.3 Å². The molecule has 0 saturated carbocycles. The predicted molar refractivity (Wildman–Crippen MR) is 81.4 cm³/mol. The number of likely N-dealkylation sites (N-methyl/N-ethyl adjacent to an activating group) is 1. The summed E-state index contributed by atoms with van der Waals surface area (Å²) in [5.41, 5.74) is 2.82. The molecule has 0 aromatic carbocycles. The normalized spacial score (nSPS) is 11.3. The molecule has 1 N–H and O–H groups in total. The number of nitrogens with zero attached hydrogens (tertiary/aromatic N) is 1. The van der Waals surface area contributed by atoms with Gasteiger partial charge in [0.2, 0.25) is 0 Å². The van der Waals surface area contributed by atoms with E-state index < -0.39 is 0 Å². The Bertz CT molecular complexity index is 448. The lowest BCUT2D eigenvalue weighted by Gasteiger charge is -2.16. The van der Waals surface area contributed by atoms with Crippen molar-refractivity contribution in [3.05, 3.63) is 44.3 Å². The summed E-state index contributed by atoms with van der Waals surface area (Å²) in [5.74, 6) is 0. The zero-order chi connectivity index (χ0) is 12.8. The summed E-state index contributed by atoms with van der Waals surface area (Å²) in [6, 6.07) is 4.38. The molecule has 0 aliphatic rings. The molecule has 18 heavy (non-hydrogen) atoms. The Balaban J connectivity index is 1.62. The first kappa shape index (κ1) is 13.7. The SMILES string of the molecule is Cc1ccsc1CNCCN(C)Cc1ccsc1. The average Bonchev–Trinajstić information content (AvgIpc) is 2.97. The Morgan fingerprint density at radius 1 is 1.28 bits per heavy atom. The molecule has 0 unspecified atom stereocenters. The van der Waals surface area contributed by atoms with Crippen LogP contribution < -0.4 is 5.32 Å². The molecule has 0 atom stereocenters. The van der Waals surface area contributed by atoms with E-state index in [0.29, 0.717) is 0 Å². The molecule has 0 saturated heterocycles. The quantitative estimate of drug-likeness (QED) is 0.783. The predicted octanol–water partition coefficient (Wildman–Crippen LogP) is 3.34. The van der Waals surface area contributed by atoms with Crippen LogP contribution in [0.4, 0.5) is 0 Å². The summed E-state index contributed by atoms with van der Waals surface area (Å²) in [6.07, 6.45) is 0. The van der Waals surface area contributed by atoms with E-state index in [1.54, 1.807) is 11.3 Å². The van der Waals surface area contributed by atoms with Crippen LogP contribution in [0, 0.1) is 6.92 Å². The first-order valence-corrected chi connectivity index (χ1v) is 8.01. The van der Waals surface area contributed by atoms with E-state index in [1.165, 1.54) is 16.0 Å². The summed E-state index contributed by atoms with van der Waals surface area (Å²) < 4.78 is 0. The van der Waals surface area contributed by atoms with E-state index >= 15 is 0 Å². The second-order valence-electron chi connectivity index (χ2n) is 4.57. The molecule has 0 aliphatic heterocycles. The minimum absolute atomic E-state index is 0.996. The van der Waals surface area contributed by atoms with Gasteiger partial charge in [0, 0.05) is 31.1 Å². The molecule has 0 radical (unpaired) electrons. The van der Waals surface area contributed by atoms with E-state index in [4.69, 9.17) is 0 Å². The number of thiophene rings is 2. The van der Waals surface area contributed by atoms with Crippen molar-refractivity contribution in [3.63, 3.8) is 0 Å². The van der Waals surface area contributed by atoms with Gasteiger partial charge in [-0.05, 0) is 53.4 Å². The zero-order valence-corrected chi connectivity index (χ0v) is 12.6. The van der Waals surface area contributed by atoms with E-state index in [1.807, 2.05) is 11.3 Å². The molecular formula is C14H20N2S2. The summed E-state index contributed by atoms with van der Waals surface area (Å²) in [6.45, 7) is 6.34. The Kier molecular flexibility index (Phi) is 5.38. The van der Waals surface area contributed by atoms with Crippen molar-refractivity contribution < 1.29 is 0 Å². The molecule has 0 bridgehead atoms. The van der Waals surface area contributed by atoms with Gasteiger partial charge in [0.1, 0.15) is 0 Å². The van der Waals surface area contributed by atoms with Gasteiger partial charge in [-0.3, -0.25) is 0 Å². The lowest BCUT2D eigenvalue weighted by molar-refractivity contribution is 0.324. The fourth-order valence-electron chi connectivity index (χ4n) is 1.83. The third-order valence-electron chi connectivity index (χ3n) is 2.96. The molecule has 0 amide bonds. The number of hydrogen-bond acceptors (Lipinski definition) is 4. The number of hydrogen-bond donors (Lipinski definition) is 1. The van der Waals surface area contributed by atoms with Crippen LogP contribution in [0.3, 0.4) is 0 Å². The van der Waals surface area contributed by atoms with Crippen LogP contribution in [0.5, 0.6) is 0 Å². The largest absolute Gasteiger partial charge is 0.311 e. The number of rotatable bonds is 7. The van der Waals surface area contributed by atoms with Crippen molar-refractivity contribution >= 4 is 22.7 Å². The highest BCUT2D eigenvalue weighted by Crippen LogP contribution is 2.14. The molecule has 2 heterocycles. The molecule has 0 fully saturated rings. The van der Waals surface area contributed by atoms with Crippen LogP contribution in [0.2, 0.25) is 0 Å². The summed E-state index contributed by atoms with van der Waals surface area (Å²) in [7, 11) is 2.18. The molecule has 2 rings (SSSR count). The summed E-state index contributed by atoms with van der Waals surface area (Å²) in [5, 5.41) is 10.0. The van der Waals surface area contributed by atoms with Crippen molar-refractivity contribution in [1.82, 2.24) is 10.2 Å². The van der Waals surface area contributed by atoms with E-state index in [0.717, 1.165) is 26.2 Å². The van der Waals surface area contributed by atoms with Gasteiger partial charge in [0.05, 0.1) is 0 Å². The maximum Gasteiger partial charge on any atom is 0.0302 e. The van der Waals surface area contributed by atoms with Crippen LogP contribution in [-0.2, 0) is 13.1 Å². The van der Waals surface area contributed by atoms with Crippen molar-refractivity contribution in [1.29, 1.82) is 0 Å². The first-order chi connectivity index (χ1) is 8.75. The highest BCUT2D eigenvalue weighted by Gasteiger charge is 2.01. The van der Waals surface area contributed by atoms with Crippen molar-refractivity contribution in [3.8, 4) is 0 Å². The Hall–Kier alpha value is -0.680. The van der Waals surface area contributed by atoms with Crippen LogP contribution in [-0.4, -0.2) is 25.0 Å². The maximum absolute atomic E-state index is 3.51. The second-order valence-corrected chi connectivity index (χ2v) is 6.35. The molecule has 0 spiro atoms. The van der Waals surface area contributed by atoms with Crippen LogP contribution in [0.1, 0.15) is 16.0 Å². The molecule has 2 nitrogen and oxygen atoms in total. The molecule has 4 heteroatoms. The van der Waals surface area contributed by atoms with Crippen LogP contribution in [0.15, 0.2) is 28.3 Å². The fourth-order valence-corrected chi connectivity index (χ4v) is 3.37. The van der Waals surface area contributed by atoms with Gasteiger partial charge in [-0.15, -0.1) is 11.3 Å². The van der Waals surface area contributed by atoms with E-state index in [9.17, 15) is 0 Å². The summed E-state index contributed by atoms with van der Waals surface area (Å²) >= 11 is 3.61. The van der Waals surface area contributed by atoms with Crippen molar-refractivity contribution in [2.45, 2.75) is 20.0 Å². The Morgan fingerprint density at radius 3 is 2.83 bits per heavy atom. The van der Waals surface area contributed by atoms with Gasteiger partial charge >= 0.3 is 0 Å². The third kappa shape index (κ3) is 4.21. The zero-order valence-electron chi connectivity index (χ0n) is 11.0. The van der Waals surface area contributed by atoms with Gasteiger partial charge < -0.3 is 10.2 Å². The lowest BCUT2D eigenvalue weighted by Crippen LogP contribution is -2.28. The highest BCUT2D eigenvalue weighted by atomic mass is 32.1.